The Hall–Kier alpha value is -2.17. The van der Waals surface area contributed by atoms with E-state index in [9.17, 15) is 9.90 Å². The number of carboxylic acid groups (broad SMARTS) is 1. The van der Waals surface area contributed by atoms with Crippen LogP contribution in [0.2, 0.25) is 0 Å². The Labute approximate surface area is 117 Å². The maximum absolute atomic E-state index is 11.5. The Morgan fingerprint density at radius 2 is 1.95 bits per heavy atom. The van der Waals surface area contributed by atoms with Crippen LogP contribution >= 0.6 is 0 Å². The molecule has 3 rings (SSSR count). The first-order valence-corrected chi connectivity index (χ1v) is 6.90. The third kappa shape index (κ3) is 2.31. The largest absolute Gasteiger partial charge is 0.481 e. The van der Waals surface area contributed by atoms with Crippen LogP contribution < -0.4 is 0 Å². The van der Waals surface area contributed by atoms with Crippen LogP contribution in [0.5, 0.6) is 0 Å². The van der Waals surface area contributed by atoms with Crippen molar-refractivity contribution in [3.8, 4) is 11.4 Å². The van der Waals surface area contributed by atoms with Gasteiger partial charge in [-0.15, -0.1) is 0 Å². The first kappa shape index (κ1) is 12.8. The third-order valence-electron chi connectivity index (χ3n) is 4.08. The summed E-state index contributed by atoms with van der Waals surface area (Å²) in [6.45, 7) is 0. The number of aliphatic carboxylic acids is 1. The molecule has 0 radical (unpaired) electrons. The van der Waals surface area contributed by atoms with Crippen molar-refractivity contribution in [3.05, 3.63) is 36.2 Å². The summed E-state index contributed by atoms with van der Waals surface area (Å²) in [5.74, 6) is 0.569. The zero-order valence-electron chi connectivity index (χ0n) is 11.2. The van der Waals surface area contributed by atoms with Gasteiger partial charge in [0.25, 0.3) is 0 Å². The van der Waals surface area contributed by atoms with Crippen LogP contribution in [0.25, 0.3) is 11.4 Å². The maximum Gasteiger partial charge on any atom is 0.310 e. The molecule has 0 saturated heterocycles. The van der Waals surface area contributed by atoms with Gasteiger partial charge in [-0.1, -0.05) is 43.2 Å². The van der Waals surface area contributed by atoms with Gasteiger partial charge in [0.15, 0.2) is 5.82 Å². The molecule has 1 aliphatic rings. The number of carboxylic acids is 1. The minimum absolute atomic E-state index is 0.433. The normalized spacial score (nSPS) is 17.2. The number of hydrogen-bond donors (Lipinski definition) is 2. The molecule has 1 fully saturated rings. The molecule has 1 saturated carbocycles. The van der Waals surface area contributed by atoms with E-state index in [0.29, 0.717) is 18.1 Å². The van der Waals surface area contributed by atoms with Gasteiger partial charge in [-0.25, -0.2) is 4.98 Å². The second-order valence-corrected chi connectivity index (χ2v) is 5.44. The molecule has 5 heteroatoms. The Bertz CT molecular complexity index is 601. The van der Waals surface area contributed by atoms with E-state index in [1.807, 2.05) is 30.3 Å². The summed E-state index contributed by atoms with van der Waals surface area (Å²) in [5.41, 5.74) is 0.277. The molecule has 0 amide bonds. The molecule has 5 nitrogen and oxygen atoms in total. The van der Waals surface area contributed by atoms with E-state index in [-0.39, 0.29) is 0 Å². The van der Waals surface area contributed by atoms with Crippen LogP contribution in [0.4, 0.5) is 0 Å². The summed E-state index contributed by atoms with van der Waals surface area (Å²) in [6, 6.07) is 9.68. The van der Waals surface area contributed by atoms with E-state index in [1.54, 1.807) is 0 Å². The number of aromatic amines is 1. The smallest absolute Gasteiger partial charge is 0.310 e. The van der Waals surface area contributed by atoms with E-state index < -0.39 is 11.4 Å². The van der Waals surface area contributed by atoms with Gasteiger partial charge in [0, 0.05) is 12.0 Å². The van der Waals surface area contributed by atoms with Crippen molar-refractivity contribution < 1.29 is 9.90 Å². The van der Waals surface area contributed by atoms with Crippen molar-refractivity contribution in [2.75, 3.05) is 0 Å². The van der Waals surface area contributed by atoms with Crippen molar-refractivity contribution in [2.45, 2.75) is 32.1 Å². The summed E-state index contributed by atoms with van der Waals surface area (Å²) in [4.78, 5) is 16.0. The highest BCUT2D eigenvalue weighted by Gasteiger charge is 2.42. The zero-order valence-corrected chi connectivity index (χ0v) is 11.2. The first-order chi connectivity index (χ1) is 9.70. The van der Waals surface area contributed by atoms with E-state index >= 15 is 0 Å². The second-order valence-electron chi connectivity index (χ2n) is 5.44. The Morgan fingerprint density at radius 3 is 2.60 bits per heavy atom. The number of nitrogens with zero attached hydrogens (tertiary/aromatic N) is 2. The molecule has 0 unspecified atom stereocenters. The average molecular weight is 271 g/mol. The van der Waals surface area contributed by atoms with Crippen LogP contribution in [0, 0.1) is 5.41 Å². The minimum atomic E-state index is -0.715. The molecule has 0 bridgehead atoms. The second kappa shape index (κ2) is 5.07. The van der Waals surface area contributed by atoms with Gasteiger partial charge in [0.2, 0.25) is 0 Å². The molecular weight excluding hydrogens is 254 g/mol. The summed E-state index contributed by atoms with van der Waals surface area (Å²) in [5, 5.41) is 16.6. The number of hydrogen-bond acceptors (Lipinski definition) is 3. The van der Waals surface area contributed by atoms with Crippen molar-refractivity contribution >= 4 is 5.97 Å². The van der Waals surface area contributed by atoms with Crippen molar-refractivity contribution in [3.63, 3.8) is 0 Å². The molecule has 1 aromatic carbocycles. The van der Waals surface area contributed by atoms with Crippen LogP contribution in [-0.4, -0.2) is 26.3 Å². The highest BCUT2D eigenvalue weighted by molar-refractivity contribution is 5.75. The fourth-order valence-corrected chi connectivity index (χ4v) is 2.93. The molecule has 104 valence electrons. The summed E-state index contributed by atoms with van der Waals surface area (Å²) >= 11 is 0. The van der Waals surface area contributed by atoms with Gasteiger partial charge in [-0.2, -0.15) is 5.10 Å². The van der Waals surface area contributed by atoms with Crippen LogP contribution in [-0.2, 0) is 11.2 Å². The molecule has 20 heavy (non-hydrogen) atoms. The molecule has 0 spiro atoms. The quantitative estimate of drug-likeness (QED) is 0.896. The fraction of sp³-hybridized carbons (Fsp3) is 0.400. The lowest BCUT2D eigenvalue weighted by Gasteiger charge is -2.21. The van der Waals surface area contributed by atoms with Crippen LogP contribution in [0.15, 0.2) is 30.3 Å². The predicted octanol–water partition coefficient (Wildman–Crippen LogP) is 2.66. The van der Waals surface area contributed by atoms with Gasteiger partial charge in [-0.05, 0) is 12.8 Å². The minimum Gasteiger partial charge on any atom is -0.481 e. The number of rotatable bonds is 4. The molecule has 2 aromatic rings. The SMILES string of the molecule is O=C(O)C1(Cc2nc(-c3ccccc3)n[nH]2)CCCC1. The van der Waals surface area contributed by atoms with E-state index in [2.05, 4.69) is 15.2 Å². The number of carbonyl (C=O) groups is 1. The van der Waals surface area contributed by atoms with Crippen molar-refractivity contribution in [2.24, 2.45) is 5.41 Å². The van der Waals surface area contributed by atoms with Crippen molar-refractivity contribution in [1.29, 1.82) is 0 Å². The Kier molecular flexibility index (Phi) is 3.26. The lowest BCUT2D eigenvalue weighted by molar-refractivity contribution is -0.148. The van der Waals surface area contributed by atoms with Gasteiger partial charge in [0.05, 0.1) is 5.41 Å². The van der Waals surface area contributed by atoms with Crippen molar-refractivity contribution in [1.82, 2.24) is 15.2 Å². The molecule has 1 heterocycles. The maximum atomic E-state index is 11.5. The molecular formula is C15H17N3O2. The monoisotopic (exact) mass is 271 g/mol. The third-order valence-corrected chi connectivity index (χ3v) is 4.08. The summed E-state index contributed by atoms with van der Waals surface area (Å²) < 4.78 is 0. The van der Waals surface area contributed by atoms with Crippen LogP contribution in [0.1, 0.15) is 31.5 Å². The van der Waals surface area contributed by atoms with E-state index in [1.165, 1.54) is 0 Å². The van der Waals surface area contributed by atoms with Crippen LogP contribution in [0.3, 0.4) is 0 Å². The topological polar surface area (TPSA) is 78.9 Å². The number of H-pyrrole nitrogens is 1. The number of nitrogens with one attached hydrogen (secondary N) is 1. The fourth-order valence-electron chi connectivity index (χ4n) is 2.93. The van der Waals surface area contributed by atoms with Gasteiger partial charge in [0.1, 0.15) is 5.82 Å². The molecule has 2 N–H and O–H groups in total. The van der Waals surface area contributed by atoms with Gasteiger partial charge in [-0.3, -0.25) is 9.89 Å². The number of aromatic nitrogens is 3. The summed E-state index contributed by atoms with van der Waals surface area (Å²) in [6.07, 6.45) is 3.84. The van der Waals surface area contributed by atoms with Gasteiger partial charge < -0.3 is 5.11 Å². The Balaban J connectivity index is 1.82. The highest BCUT2D eigenvalue weighted by Crippen LogP contribution is 2.40. The molecule has 0 atom stereocenters. The average Bonchev–Trinajstić information content (AvgIpc) is 3.10. The highest BCUT2D eigenvalue weighted by atomic mass is 16.4. The zero-order chi connectivity index (χ0) is 14.0. The number of benzene rings is 1. The van der Waals surface area contributed by atoms with Gasteiger partial charge >= 0.3 is 5.97 Å². The Morgan fingerprint density at radius 1 is 1.25 bits per heavy atom. The predicted molar refractivity (Wildman–Crippen MR) is 74.1 cm³/mol. The molecule has 1 aromatic heterocycles. The van der Waals surface area contributed by atoms with E-state index in [4.69, 9.17) is 0 Å². The van der Waals surface area contributed by atoms with E-state index in [0.717, 1.165) is 31.2 Å². The molecule has 1 aliphatic carbocycles. The lowest BCUT2D eigenvalue weighted by atomic mass is 9.82. The summed E-state index contributed by atoms with van der Waals surface area (Å²) in [7, 11) is 0. The lowest BCUT2D eigenvalue weighted by Crippen LogP contribution is -2.30. The first-order valence-electron chi connectivity index (χ1n) is 6.90. The standard InChI is InChI=1S/C15H17N3O2/c19-14(20)15(8-4-5-9-15)10-12-16-13(18-17-12)11-6-2-1-3-7-11/h1-3,6-7H,4-5,8-10H2,(H,19,20)(H,16,17,18). The molecule has 0 aliphatic heterocycles.